The van der Waals surface area contributed by atoms with Gasteiger partial charge in [0.2, 0.25) is 5.70 Å². The monoisotopic (exact) mass is 303 g/mol. The van der Waals surface area contributed by atoms with Crippen LogP contribution in [0, 0.1) is 4.91 Å². The van der Waals surface area contributed by atoms with Gasteiger partial charge in [0.25, 0.3) is 5.91 Å². The van der Waals surface area contributed by atoms with Gasteiger partial charge in [0.05, 0.1) is 0 Å². The van der Waals surface area contributed by atoms with Crippen molar-refractivity contribution in [2.45, 2.75) is 32.4 Å². The fourth-order valence-corrected chi connectivity index (χ4v) is 2.60. The predicted molar refractivity (Wildman–Crippen MR) is 84.0 cm³/mol. The molecule has 1 aliphatic rings. The molecule has 0 spiro atoms. The van der Waals surface area contributed by atoms with Crippen molar-refractivity contribution in [3.05, 3.63) is 52.3 Å². The third-order valence-corrected chi connectivity index (χ3v) is 3.82. The van der Waals surface area contributed by atoms with Crippen LogP contribution in [0.4, 0.5) is 0 Å². The molecule has 0 saturated carbocycles. The molecular weight excluding hydrogens is 282 g/mol. The lowest BCUT2D eigenvalue weighted by molar-refractivity contribution is -0.118. The molecule has 1 aliphatic heterocycles. The molecule has 0 aromatic heterocycles. The summed E-state index contributed by atoms with van der Waals surface area (Å²) in [5.74, 6) is -0.953. The number of rotatable bonds is 5. The highest BCUT2D eigenvalue weighted by atomic mass is 16.3. The van der Waals surface area contributed by atoms with Gasteiger partial charge in [-0.2, -0.15) is 0 Å². The second-order valence-electron chi connectivity index (χ2n) is 5.53. The molecule has 2 rings (SSSR count). The minimum atomic E-state index is -0.600. The highest BCUT2D eigenvalue weighted by Crippen LogP contribution is 2.14. The summed E-state index contributed by atoms with van der Waals surface area (Å²) in [6.07, 6.45) is 1.63. The average molecular weight is 303 g/mol. The van der Waals surface area contributed by atoms with E-state index < -0.39 is 11.6 Å². The number of nitrogens with one attached hydrogen (secondary N) is 1. The van der Waals surface area contributed by atoms with Crippen molar-refractivity contribution in [1.29, 1.82) is 0 Å². The minimum Gasteiger partial charge on any atom is -0.510 e. The molecule has 0 aliphatic carbocycles. The maximum Gasteiger partial charge on any atom is 0.277 e. The van der Waals surface area contributed by atoms with Crippen LogP contribution in [-0.2, 0) is 11.3 Å². The Balaban J connectivity index is 1.81. The fourth-order valence-electron chi connectivity index (χ4n) is 2.60. The van der Waals surface area contributed by atoms with E-state index in [1.807, 2.05) is 18.2 Å². The maximum atomic E-state index is 11.8. The van der Waals surface area contributed by atoms with Crippen LogP contribution in [0.1, 0.15) is 25.3 Å². The van der Waals surface area contributed by atoms with Crippen molar-refractivity contribution in [2.75, 3.05) is 13.1 Å². The summed E-state index contributed by atoms with van der Waals surface area (Å²) in [4.78, 5) is 24.7. The van der Waals surface area contributed by atoms with Crippen LogP contribution in [0.2, 0.25) is 0 Å². The standard InChI is InChI=1S/C16H21N3O3/c1-12(20)15(18-22)16(21)17-14-7-9-19(10-8-14)11-13-5-3-2-4-6-13/h2-6,14,20H,7-11H2,1H3,(H,17,21). The number of carbonyl (C=O) groups is 1. The first-order valence-corrected chi connectivity index (χ1v) is 7.40. The number of benzene rings is 1. The van der Waals surface area contributed by atoms with Crippen molar-refractivity contribution in [1.82, 2.24) is 10.2 Å². The van der Waals surface area contributed by atoms with Gasteiger partial charge in [0, 0.05) is 25.7 Å². The quantitative estimate of drug-likeness (QED) is 0.497. The Hall–Kier alpha value is -2.21. The molecule has 1 fully saturated rings. The van der Waals surface area contributed by atoms with Gasteiger partial charge in [-0.3, -0.25) is 9.69 Å². The Morgan fingerprint density at radius 2 is 1.95 bits per heavy atom. The molecule has 1 aromatic carbocycles. The van der Waals surface area contributed by atoms with E-state index in [1.54, 1.807) is 0 Å². The number of nitrogens with zero attached hydrogens (tertiary/aromatic N) is 2. The molecule has 0 unspecified atom stereocenters. The van der Waals surface area contributed by atoms with Gasteiger partial charge >= 0.3 is 0 Å². The minimum absolute atomic E-state index is 0.00984. The zero-order valence-corrected chi connectivity index (χ0v) is 12.7. The summed E-state index contributed by atoms with van der Waals surface area (Å²) in [7, 11) is 0. The first-order valence-electron chi connectivity index (χ1n) is 7.40. The van der Waals surface area contributed by atoms with Crippen molar-refractivity contribution in [3.63, 3.8) is 0 Å². The highest BCUT2D eigenvalue weighted by Gasteiger charge is 2.23. The maximum absolute atomic E-state index is 11.8. The number of hydrogen-bond donors (Lipinski definition) is 2. The first kappa shape index (κ1) is 16.2. The Morgan fingerprint density at radius 3 is 2.50 bits per heavy atom. The number of aliphatic hydroxyl groups excluding tert-OH is 1. The van der Waals surface area contributed by atoms with E-state index in [0.717, 1.165) is 32.5 Å². The van der Waals surface area contributed by atoms with Gasteiger partial charge in [-0.05, 0) is 30.5 Å². The fraction of sp³-hybridized carbons (Fsp3) is 0.438. The van der Waals surface area contributed by atoms with E-state index in [4.69, 9.17) is 0 Å². The van der Waals surface area contributed by atoms with Crippen LogP contribution in [0.15, 0.2) is 47.0 Å². The molecule has 1 heterocycles. The Labute approximate surface area is 129 Å². The molecule has 2 N–H and O–H groups in total. The molecule has 0 bridgehead atoms. The van der Waals surface area contributed by atoms with Gasteiger partial charge in [-0.25, -0.2) is 0 Å². The van der Waals surface area contributed by atoms with Crippen LogP contribution >= 0.6 is 0 Å². The third kappa shape index (κ3) is 4.39. The number of allylic oxidation sites excluding steroid dienone is 1. The lowest BCUT2D eigenvalue weighted by atomic mass is 10.0. The molecule has 118 valence electrons. The number of piperidine rings is 1. The average Bonchev–Trinajstić information content (AvgIpc) is 2.50. The SMILES string of the molecule is CC(O)=C(N=O)C(=O)NC1CCN(Cc2ccccc2)CC1. The molecule has 0 atom stereocenters. The van der Waals surface area contributed by atoms with E-state index in [2.05, 4.69) is 27.5 Å². The summed E-state index contributed by atoms with van der Waals surface area (Å²) < 4.78 is 0. The van der Waals surface area contributed by atoms with E-state index >= 15 is 0 Å². The normalized spacial score (nSPS) is 17.7. The summed E-state index contributed by atoms with van der Waals surface area (Å²) >= 11 is 0. The molecular formula is C16H21N3O3. The number of amides is 1. The lowest BCUT2D eigenvalue weighted by Gasteiger charge is -2.32. The number of carbonyl (C=O) groups excluding carboxylic acids is 1. The molecule has 1 aromatic rings. The zero-order chi connectivity index (χ0) is 15.9. The van der Waals surface area contributed by atoms with Crippen molar-refractivity contribution >= 4 is 5.91 Å². The summed E-state index contributed by atoms with van der Waals surface area (Å²) in [5.41, 5.74) is 0.836. The summed E-state index contributed by atoms with van der Waals surface area (Å²) in [5, 5.41) is 14.6. The Morgan fingerprint density at radius 1 is 1.32 bits per heavy atom. The molecule has 6 nitrogen and oxygen atoms in total. The molecule has 1 amide bonds. The second kappa shape index (κ2) is 7.70. The van der Waals surface area contributed by atoms with Gasteiger partial charge in [-0.15, -0.1) is 4.91 Å². The van der Waals surface area contributed by atoms with E-state index in [9.17, 15) is 14.8 Å². The predicted octanol–water partition coefficient (Wildman–Crippen LogP) is 2.32. The van der Waals surface area contributed by atoms with Crippen LogP contribution < -0.4 is 5.32 Å². The largest absolute Gasteiger partial charge is 0.510 e. The van der Waals surface area contributed by atoms with Crippen LogP contribution in [-0.4, -0.2) is 35.0 Å². The smallest absolute Gasteiger partial charge is 0.277 e. The Kier molecular flexibility index (Phi) is 5.66. The van der Waals surface area contributed by atoms with Crippen LogP contribution in [0.3, 0.4) is 0 Å². The van der Waals surface area contributed by atoms with Gasteiger partial charge in [-0.1, -0.05) is 30.3 Å². The van der Waals surface area contributed by atoms with Crippen molar-refractivity contribution < 1.29 is 9.90 Å². The van der Waals surface area contributed by atoms with Crippen LogP contribution in [0.5, 0.6) is 0 Å². The van der Waals surface area contributed by atoms with Crippen molar-refractivity contribution in [3.8, 4) is 0 Å². The van der Waals surface area contributed by atoms with E-state index in [-0.39, 0.29) is 11.8 Å². The van der Waals surface area contributed by atoms with Gasteiger partial charge < -0.3 is 10.4 Å². The van der Waals surface area contributed by atoms with Crippen molar-refractivity contribution in [2.24, 2.45) is 5.18 Å². The van der Waals surface area contributed by atoms with Gasteiger partial charge in [0.15, 0.2) is 0 Å². The molecule has 0 radical (unpaired) electrons. The van der Waals surface area contributed by atoms with E-state index in [1.165, 1.54) is 12.5 Å². The Bertz CT molecular complexity index is 545. The number of nitroso groups, excluding NO2 is 1. The lowest BCUT2D eigenvalue weighted by Crippen LogP contribution is -2.44. The van der Waals surface area contributed by atoms with E-state index in [0.29, 0.717) is 0 Å². The number of hydrogen-bond acceptors (Lipinski definition) is 5. The third-order valence-electron chi connectivity index (χ3n) is 3.82. The van der Waals surface area contributed by atoms with Gasteiger partial charge in [0.1, 0.15) is 5.76 Å². The zero-order valence-electron chi connectivity index (χ0n) is 12.7. The topological polar surface area (TPSA) is 82.0 Å². The molecule has 6 heteroatoms. The molecule has 1 saturated heterocycles. The number of likely N-dealkylation sites (tertiary alicyclic amines) is 1. The van der Waals surface area contributed by atoms with Crippen LogP contribution in [0.25, 0.3) is 0 Å². The molecule has 22 heavy (non-hydrogen) atoms. The second-order valence-corrected chi connectivity index (χ2v) is 5.53. The summed E-state index contributed by atoms with van der Waals surface area (Å²) in [6.45, 7) is 3.94. The first-order chi connectivity index (χ1) is 10.6. The highest BCUT2D eigenvalue weighted by molar-refractivity contribution is 5.93. The number of aliphatic hydroxyl groups is 1. The summed E-state index contributed by atoms with van der Waals surface area (Å²) in [6, 6.07) is 10.3.